The fraction of sp³-hybridized carbons (Fsp3) is 0.308. The molecule has 0 spiro atoms. The summed E-state index contributed by atoms with van der Waals surface area (Å²) in [7, 11) is 4.93. The van der Waals surface area contributed by atoms with Crippen LogP contribution in [-0.2, 0) is 11.3 Å². The SMILES string of the molecule is COCc1cnc2c(OC)ccc(OC)c2c1. The molecule has 0 N–H and O–H groups in total. The second kappa shape index (κ2) is 5.01. The van der Waals surface area contributed by atoms with Crippen molar-refractivity contribution in [3.8, 4) is 11.5 Å². The number of ether oxygens (including phenoxy) is 3. The number of nitrogens with zero attached hydrogens (tertiary/aromatic N) is 1. The minimum absolute atomic E-state index is 0.531. The maximum absolute atomic E-state index is 5.32. The third kappa shape index (κ3) is 2.17. The van der Waals surface area contributed by atoms with Crippen molar-refractivity contribution in [3.05, 3.63) is 30.0 Å². The first-order chi connectivity index (χ1) is 8.30. The Kier molecular flexibility index (Phi) is 3.44. The van der Waals surface area contributed by atoms with Crippen LogP contribution in [0.3, 0.4) is 0 Å². The van der Waals surface area contributed by atoms with Gasteiger partial charge in [0.25, 0.3) is 0 Å². The summed E-state index contributed by atoms with van der Waals surface area (Å²) >= 11 is 0. The maximum atomic E-state index is 5.32. The normalized spacial score (nSPS) is 10.5. The number of hydrogen-bond acceptors (Lipinski definition) is 4. The van der Waals surface area contributed by atoms with Gasteiger partial charge in [-0.3, -0.25) is 4.98 Å². The summed E-state index contributed by atoms with van der Waals surface area (Å²) in [6.07, 6.45) is 1.79. The average Bonchev–Trinajstić information content (AvgIpc) is 2.37. The summed E-state index contributed by atoms with van der Waals surface area (Å²) in [4.78, 5) is 4.39. The van der Waals surface area contributed by atoms with Crippen LogP contribution in [0.5, 0.6) is 11.5 Å². The van der Waals surface area contributed by atoms with Gasteiger partial charge < -0.3 is 14.2 Å². The Hall–Kier alpha value is -1.81. The largest absolute Gasteiger partial charge is 0.496 e. The van der Waals surface area contributed by atoms with Crippen molar-refractivity contribution in [2.75, 3.05) is 21.3 Å². The highest BCUT2D eigenvalue weighted by Crippen LogP contribution is 2.31. The number of fused-ring (bicyclic) bond motifs is 1. The van der Waals surface area contributed by atoms with E-state index in [4.69, 9.17) is 14.2 Å². The Bertz CT molecular complexity index is 525. The lowest BCUT2D eigenvalue weighted by Gasteiger charge is -2.10. The highest BCUT2D eigenvalue weighted by Gasteiger charge is 2.09. The number of benzene rings is 1. The number of methoxy groups -OCH3 is 3. The number of pyridine rings is 1. The predicted molar refractivity (Wildman–Crippen MR) is 65.6 cm³/mol. The van der Waals surface area contributed by atoms with Crippen molar-refractivity contribution in [2.24, 2.45) is 0 Å². The molecule has 4 nitrogen and oxygen atoms in total. The van der Waals surface area contributed by atoms with Crippen LogP contribution >= 0.6 is 0 Å². The van der Waals surface area contributed by atoms with Crippen LogP contribution in [0, 0.1) is 0 Å². The van der Waals surface area contributed by atoms with Gasteiger partial charge in [0.2, 0.25) is 0 Å². The van der Waals surface area contributed by atoms with E-state index in [1.807, 2.05) is 18.2 Å². The summed E-state index contributed by atoms with van der Waals surface area (Å²) in [5.74, 6) is 1.52. The fourth-order valence-corrected chi connectivity index (χ4v) is 1.80. The fourth-order valence-electron chi connectivity index (χ4n) is 1.80. The molecule has 0 radical (unpaired) electrons. The van der Waals surface area contributed by atoms with E-state index in [9.17, 15) is 0 Å². The van der Waals surface area contributed by atoms with Gasteiger partial charge in [-0.25, -0.2) is 0 Å². The van der Waals surface area contributed by atoms with Gasteiger partial charge in [-0.2, -0.15) is 0 Å². The van der Waals surface area contributed by atoms with E-state index in [1.54, 1.807) is 27.5 Å². The van der Waals surface area contributed by atoms with E-state index >= 15 is 0 Å². The molecule has 17 heavy (non-hydrogen) atoms. The summed E-state index contributed by atoms with van der Waals surface area (Å²) in [6, 6.07) is 5.73. The first-order valence-electron chi connectivity index (χ1n) is 5.28. The second-order valence-corrected chi connectivity index (χ2v) is 3.64. The molecule has 0 saturated heterocycles. The lowest BCUT2D eigenvalue weighted by atomic mass is 10.1. The van der Waals surface area contributed by atoms with Crippen LogP contribution in [0.1, 0.15) is 5.56 Å². The molecule has 2 rings (SSSR count). The minimum atomic E-state index is 0.531. The van der Waals surface area contributed by atoms with Crippen LogP contribution < -0.4 is 9.47 Å². The van der Waals surface area contributed by atoms with E-state index in [0.717, 1.165) is 28.0 Å². The first kappa shape index (κ1) is 11.7. The van der Waals surface area contributed by atoms with E-state index in [-0.39, 0.29) is 0 Å². The quantitative estimate of drug-likeness (QED) is 0.813. The van der Waals surface area contributed by atoms with Crippen LogP contribution in [0.25, 0.3) is 10.9 Å². The van der Waals surface area contributed by atoms with Crippen molar-refractivity contribution >= 4 is 10.9 Å². The average molecular weight is 233 g/mol. The summed E-state index contributed by atoms with van der Waals surface area (Å²) in [6.45, 7) is 0.531. The molecular formula is C13H15NO3. The van der Waals surface area contributed by atoms with Crippen molar-refractivity contribution in [1.29, 1.82) is 0 Å². The topological polar surface area (TPSA) is 40.6 Å². The summed E-state index contributed by atoms with van der Waals surface area (Å²) in [5.41, 5.74) is 1.80. The smallest absolute Gasteiger partial charge is 0.145 e. The number of rotatable bonds is 4. The molecule has 0 unspecified atom stereocenters. The molecule has 0 aliphatic heterocycles. The zero-order valence-electron chi connectivity index (χ0n) is 10.2. The molecule has 0 atom stereocenters. The number of hydrogen-bond donors (Lipinski definition) is 0. The van der Waals surface area contributed by atoms with E-state index < -0.39 is 0 Å². The molecule has 90 valence electrons. The molecule has 0 saturated carbocycles. The predicted octanol–water partition coefficient (Wildman–Crippen LogP) is 2.40. The standard InChI is InChI=1S/C13H15NO3/c1-15-8-9-6-10-11(16-2)4-5-12(17-3)13(10)14-7-9/h4-7H,8H2,1-3H3. The molecule has 2 aromatic rings. The van der Waals surface area contributed by atoms with Gasteiger partial charge in [-0.15, -0.1) is 0 Å². The first-order valence-corrected chi connectivity index (χ1v) is 5.28. The van der Waals surface area contributed by atoms with Gasteiger partial charge in [-0.05, 0) is 23.8 Å². The lowest BCUT2D eigenvalue weighted by molar-refractivity contribution is 0.184. The van der Waals surface area contributed by atoms with Crippen LogP contribution in [0.15, 0.2) is 24.4 Å². The molecule has 4 heteroatoms. The monoisotopic (exact) mass is 233 g/mol. The van der Waals surface area contributed by atoms with E-state index in [1.165, 1.54) is 0 Å². The molecule has 1 aromatic heterocycles. The minimum Gasteiger partial charge on any atom is -0.496 e. The molecular weight excluding hydrogens is 218 g/mol. The number of aromatic nitrogens is 1. The van der Waals surface area contributed by atoms with Gasteiger partial charge in [0.15, 0.2) is 0 Å². The Morgan fingerprint density at radius 3 is 2.41 bits per heavy atom. The molecule has 0 fully saturated rings. The molecule has 0 bridgehead atoms. The third-order valence-electron chi connectivity index (χ3n) is 2.58. The van der Waals surface area contributed by atoms with E-state index in [0.29, 0.717) is 6.61 Å². The lowest BCUT2D eigenvalue weighted by Crippen LogP contribution is -1.94. The Morgan fingerprint density at radius 1 is 1.06 bits per heavy atom. The van der Waals surface area contributed by atoms with Gasteiger partial charge in [-0.1, -0.05) is 0 Å². The second-order valence-electron chi connectivity index (χ2n) is 3.64. The highest BCUT2D eigenvalue weighted by atomic mass is 16.5. The van der Waals surface area contributed by atoms with E-state index in [2.05, 4.69) is 4.98 Å². The Balaban J connectivity index is 2.64. The van der Waals surface area contributed by atoms with Gasteiger partial charge >= 0.3 is 0 Å². The molecule has 1 heterocycles. The summed E-state index contributed by atoms with van der Waals surface area (Å²) < 4.78 is 15.7. The van der Waals surface area contributed by atoms with Crippen molar-refractivity contribution in [1.82, 2.24) is 4.98 Å². The van der Waals surface area contributed by atoms with Gasteiger partial charge in [0.1, 0.15) is 17.0 Å². The van der Waals surface area contributed by atoms with Crippen molar-refractivity contribution < 1.29 is 14.2 Å². The van der Waals surface area contributed by atoms with Crippen molar-refractivity contribution in [2.45, 2.75) is 6.61 Å². The third-order valence-corrected chi connectivity index (χ3v) is 2.58. The molecule has 0 aliphatic rings. The van der Waals surface area contributed by atoms with Crippen LogP contribution in [-0.4, -0.2) is 26.3 Å². The maximum Gasteiger partial charge on any atom is 0.145 e. The van der Waals surface area contributed by atoms with Gasteiger partial charge in [0, 0.05) is 18.7 Å². The van der Waals surface area contributed by atoms with Crippen molar-refractivity contribution in [3.63, 3.8) is 0 Å². The van der Waals surface area contributed by atoms with Crippen LogP contribution in [0.4, 0.5) is 0 Å². The Morgan fingerprint density at radius 2 is 1.76 bits per heavy atom. The van der Waals surface area contributed by atoms with Gasteiger partial charge in [0.05, 0.1) is 20.8 Å². The Labute approximate surface area is 100 Å². The molecule has 0 aliphatic carbocycles. The summed E-state index contributed by atoms with van der Waals surface area (Å²) in [5, 5.41) is 0.932. The van der Waals surface area contributed by atoms with Crippen LogP contribution in [0.2, 0.25) is 0 Å². The zero-order valence-corrected chi connectivity index (χ0v) is 10.2. The highest BCUT2D eigenvalue weighted by molar-refractivity contribution is 5.90. The zero-order chi connectivity index (χ0) is 12.3. The molecule has 1 aromatic carbocycles. The molecule has 0 amide bonds.